The van der Waals surface area contributed by atoms with E-state index in [1.54, 1.807) is 22.9 Å². The predicted octanol–water partition coefficient (Wildman–Crippen LogP) is 2.27. The molecule has 0 spiro atoms. The molecule has 4 nitrogen and oxygen atoms in total. The maximum atomic E-state index is 10.9. The summed E-state index contributed by atoms with van der Waals surface area (Å²) in [6, 6.07) is 12.7. The van der Waals surface area contributed by atoms with Gasteiger partial charge in [-0.15, -0.1) is 0 Å². The number of ether oxygens (including phenoxy) is 1. The largest absolute Gasteiger partial charge is 0.492 e. The summed E-state index contributed by atoms with van der Waals surface area (Å²) in [6.45, 7) is 0.961. The minimum Gasteiger partial charge on any atom is -0.492 e. The van der Waals surface area contributed by atoms with Crippen LogP contribution in [0.5, 0.6) is 5.75 Å². The zero-order chi connectivity index (χ0) is 12.1. The molecule has 0 atom stereocenters. The number of aromatic carboxylic acids is 1. The molecule has 0 radical (unpaired) electrons. The molecule has 2 aromatic rings. The predicted molar refractivity (Wildman–Crippen MR) is 63.3 cm³/mol. The second kappa shape index (κ2) is 5.21. The van der Waals surface area contributed by atoms with Crippen LogP contribution in [0.15, 0.2) is 48.7 Å². The van der Waals surface area contributed by atoms with Crippen molar-refractivity contribution >= 4 is 5.97 Å². The van der Waals surface area contributed by atoms with Crippen LogP contribution in [0.4, 0.5) is 0 Å². The highest BCUT2D eigenvalue weighted by Crippen LogP contribution is 2.09. The van der Waals surface area contributed by atoms with E-state index in [4.69, 9.17) is 9.84 Å². The van der Waals surface area contributed by atoms with Crippen molar-refractivity contribution in [2.24, 2.45) is 0 Å². The highest BCUT2D eigenvalue weighted by atomic mass is 16.5. The van der Waals surface area contributed by atoms with Gasteiger partial charge in [-0.3, -0.25) is 0 Å². The van der Waals surface area contributed by atoms with Gasteiger partial charge in [-0.05, 0) is 24.3 Å². The molecule has 2 rings (SSSR count). The molecule has 0 unspecified atom stereocenters. The highest BCUT2D eigenvalue weighted by molar-refractivity contribution is 5.85. The van der Waals surface area contributed by atoms with E-state index in [1.165, 1.54) is 0 Å². The molecule has 1 N–H and O–H groups in total. The summed E-state index contributed by atoms with van der Waals surface area (Å²) in [6.07, 6.45) is 1.73. The normalized spacial score (nSPS) is 10.1. The van der Waals surface area contributed by atoms with Crippen LogP contribution in [-0.4, -0.2) is 22.2 Å². The van der Waals surface area contributed by atoms with Gasteiger partial charge in [0.25, 0.3) is 0 Å². The molecule has 0 aliphatic rings. The van der Waals surface area contributed by atoms with Crippen LogP contribution in [0, 0.1) is 0 Å². The third kappa shape index (κ3) is 2.87. The fourth-order valence-electron chi connectivity index (χ4n) is 1.58. The van der Waals surface area contributed by atoms with E-state index in [2.05, 4.69) is 0 Å². The maximum Gasteiger partial charge on any atom is 0.352 e. The number of rotatable bonds is 5. The van der Waals surface area contributed by atoms with Gasteiger partial charge in [0.2, 0.25) is 0 Å². The van der Waals surface area contributed by atoms with Crippen molar-refractivity contribution in [3.63, 3.8) is 0 Å². The van der Waals surface area contributed by atoms with Gasteiger partial charge in [0.05, 0.1) is 6.54 Å². The lowest BCUT2D eigenvalue weighted by atomic mass is 10.3. The second-order valence-electron chi connectivity index (χ2n) is 3.55. The first-order chi connectivity index (χ1) is 8.27. The average molecular weight is 231 g/mol. The Labute approximate surface area is 99.1 Å². The van der Waals surface area contributed by atoms with Crippen molar-refractivity contribution < 1.29 is 14.6 Å². The zero-order valence-corrected chi connectivity index (χ0v) is 9.24. The molecule has 0 saturated heterocycles. The number of para-hydroxylation sites is 1. The minimum absolute atomic E-state index is 0.279. The van der Waals surface area contributed by atoms with E-state index in [1.807, 2.05) is 30.3 Å². The molecule has 0 fully saturated rings. The van der Waals surface area contributed by atoms with Gasteiger partial charge in [-0.1, -0.05) is 18.2 Å². The molecule has 0 amide bonds. The number of aromatic nitrogens is 1. The molecule has 4 heteroatoms. The fraction of sp³-hybridized carbons (Fsp3) is 0.154. The van der Waals surface area contributed by atoms with Crippen LogP contribution in [0.3, 0.4) is 0 Å². The van der Waals surface area contributed by atoms with Gasteiger partial charge in [-0.25, -0.2) is 4.79 Å². The first-order valence-corrected chi connectivity index (χ1v) is 5.33. The molecule has 1 aromatic heterocycles. The molecule has 0 aliphatic heterocycles. The lowest BCUT2D eigenvalue weighted by Crippen LogP contribution is -2.12. The Kier molecular flexibility index (Phi) is 3.45. The number of benzene rings is 1. The SMILES string of the molecule is O=C(O)c1cccn1CCOc1ccccc1. The average Bonchev–Trinajstić information content (AvgIpc) is 2.79. The Morgan fingerprint density at radius 2 is 1.94 bits per heavy atom. The van der Waals surface area contributed by atoms with E-state index < -0.39 is 5.97 Å². The molecule has 0 bridgehead atoms. The van der Waals surface area contributed by atoms with E-state index in [0.717, 1.165) is 5.75 Å². The Bertz CT molecular complexity index is 490. The summed E-state index contributed by atoms with van der Waals surface area (Å²) in [5, 5.41) is 8.91. The van der Waals surface area contributed by atoms with Crippen molar-refractivity contribution in [3.05, 3.63) is 54.4 Å². The quantitative estimate of drug-likeness (QED) is 0.858. The topological polar surface area (TPSA) is 51.5 Å². The zero-order valence-electron chi connectivity index (χ0n) is 9.24. The number of carbonyl (C=O) groups is 1. The Morgan fingerprint density at radius 1 is 1.18 bits per heavy atom. The lowest BCUT2D eigenvalue weighted by molar-refractivity contribution is 0.0684. The lowest BCUT2D eigenvalue weighted by Gasteiger charge is -2.08. The molecule has 0 aliphatic carbocycles. The van der Waals surface area contributed by atoms with Crippen molar-refractivity contribution in [2.75, 3.05) is 6.61 Å². The number of nitrogens with zero attached hydrogens (tertiary/aromatic N) is 1. The van der Waals surface area contributed by atoms with Crippen LogP contribution in [0.2, 0.25) is 0 Å². The molecular weight excluding hydrogens is 218 g/mol. The van der Waals surface area contributed by atoms with Crippen LogP contribution < -0.4 is 4.74 Å². The highest BCUT2D eigenvalue weighted by Gasteiger charge is 2.07. The van der Waals surface area contributed by atoms with Gasteiger partial charge in [0.15, 0.2) is 0 Å². The van der Waals surface area contributed by atoms with Gasteiger partial charge in [0.1, 0.15) is 18.1 Å². The Morgan fingerprint density at radius 3 is 2.65 bits per heavy atom. The van der Waals surface area contributed by atoms with E-state index >= 15 is 0 Å². The summed E-state index contributed by atoms with van der Waals surface area (Å²) >= 11 is 0. The smallest absolute Gasteiger partial charge is 0.352 e. The third-order valence-corrected chi connectivity index (χ3v) is 2.39. The second-order valence-corrected chi connectivity index (χ2v) is 3.55. The van der Waals surface area contributed by atoms with Crippen molar-refractivity contribution in [1.29, 1.82) is 0 Å². The summed E-state index contributed by atoms with van der Waals surface area (Å²) in [7, 11) is 0. The van der Waals surface area contributed by atoms with Crippen molar-refractivity contribution in [1.82, 2.24) is 4.57 Å². The summed E-state index contributed by atoms with van der Waals surface area (Å²) in [4.78, 5) is 10.9. The first kappa shape index (κ1) is 11.3. The first-order valence-electron chi connectivity index (χ1n) is 5.33. The Hall–Kier alpha value is -2.23. The summed E-state index contributed by atoms with van der Waals surface area (Å²) < 4.78 is 7.16. The molecule has 17 heavy (non-hydrogen) atoms. The van der Waals surface area contributed by atoms with Crippen molar-refractivity contribution in [2.45, 2.75) is 6.54 Å². The Balaban J connectivity index is 1.90. The molecule has 1 heterocycles. The number of hydrogen-bond donors (Lipinski definition) is 1. The molecular formula is C13H13NO3. The number of carboxylic acids is 1. The van der Waals surface area contributed by atoms with Crippen LogP contribution in [0.25, 0.3) is 0 Å². The van der Waals surface area contributed by atoms with Gasteiger partial charge < -0.3 is 14.4 Å². The third-order valence-electron chi connectivity index (χ3n) is 2.39. The number of carboxylic acid groups (broad SMARTS) is 1. The standard InChI is InChI=1S/C13H13NO3/c15-13(16)12-7-4-8-14(12)9-10-17-11-5-2-1-3-6-11/h1-8H,9-10H2,(H,15,16). The molecule has 88 valence electrons. The van der Waals surface area contributed by atoms with Gasteiger partial charge >= 0.3 is 5.97 Å². The minimum atomic E-state index is -0.922. The monoisotopic (exact) mass is 231 g/mol. The van der Waals surface area contributed by atoms with Crippen LogP contribution in [0.1, 0.15) is 10.5 Å². The van der Waals surface area contributed by atoms with Gasteiger partial charge in [-0.2, -0.15) is 0 Å². The number of hydrogen-bond acceptors (Lipinski definition) is 2. The summed E-state index contributed by atoms with van der Waals surface area (Å²) in [5.74, 6) is -0.133. The van der Waals surface area contributed by atoms with Gasteiger partial charge in [0, 0.05) is 6.20 Å². The van der Waals surface area contributed by atoms with E-state index in [0.29, 0.717) is 13.2 Å². The fourth-order valence-corrected chi connectivity index (χ4v) is 1.58. The van der Waals surface area contributed by atoms with Crippen LogP contribution in [-0.2, 0) is 6.54 Å². The maximum absolute atomic E-state index is 10.9. The molecule has 0 saturated carbocycles. The summed E-state index contributed by atoms with van der Waals surface area (Å²) in [5.41, 5.74) is 0.279. The molecule has 1 aromatic carbocycles. The van der Waals surface area contributed by atoms with Crippen LogP contribution >= 0.6 is 0 Å². The van der Waals surface area contributed by atoms with E-state index in [9.17, 15) is 4.79 Å². The van der Waals surface area contributed by atoms with Crippen molar-refractivity contribution in [3.8, 4) is 5.75 Å². The van der Waals surface area contributed by atoms with E-state index in [-0.39, 0.29) is 5.69 Å².